The first kappa shape index (κ1) is 10.0. The fourth-order valence-corrected chi connectivity index (χ4v) is 1.94. The zero-order valence-electron chi connectivity index (χ0n) is 9.37. The first-order valence-electron chi connectivity index (χ1n) is 5.44. The Labute approximate surface area is 98.1 Å². The van der Waals surface area contributed by atoms with Gasteiger partial charge in [0.25, 0.3) is 0 Å². The van der Waals surface area contributed by atoms with Crippen LogP contribution in [0.2, 0.25) is 0 Å². The standard InChI is InChI=1S/C14H11FN2/c1-9-6-13-14(17-9)7-11(8-16-13)10-2-4-12(15)5-3-10/h2-8,17H,1H3. The molecule has 0 aliphatic carbocycles. The molecule has 0 fully saturated rings. The van der Waals surface area contributed by atoms with E-state index in [-0.39, 0.29) is 5.82 Å². The molecule has 2 heterocycles. The van der Waals surface area contributed by atoms with E-state index >= 15 is 0 Å². The first-order chi connectivity index (χ1) is 8.22. The van der Waals surface area contributed by atoms with Gasteiger partial charge in [0.15, 0.2) is 0 Å². The number of aryl methyl sites for hydroxylation is 1. The van der Waals surface area contributed by atoms with E-state index in [9.17, 15) is 4.39 Å². The van der Waals surface area contributed by atoms with Crippen LogP contribution in [0.5, 0.6) is 0 Å². The molecule has 1 N–H and O–H groups in total. The second-order valence-corrected chi connectivity index (χ2v) is 4.12. The summed E-state index contributed by atoms with van der Waals surface area (Å²) in [6, 6.07) is 10.5. The van der Waals surface area contributed by atoms with Gasteiger partial charge in [-0.3, -0.25) is 4.98 Å². The molecule has 0 saturated carbocycles. The monoisotopic (exact) mass is 226 g/mol. The van der Waals surface area contributed by atoms with Crippen molar-refractivity contribution in [2.45, 2.75) is 6.92 Å². The lowest BCUT2D eigenvalue weighted by Crippen LogP contribution is -1.82. The maximum Gasteiger partial charge on any atom is 0.123 e. The van der Waals surface area contributed by atoms with Gasteiger partial charge >= 0.3 is 0 Å². The van der Waals surface area contributed by atoms with E-state index in [1.54, 1.807) is 12.1 Å². The van der Waals surface area contributed by atoms with E-state index in [0.29, 0.717) is 0 Å². The van der Waals surface area contributed by atoms with Crippen LogP contribution in [0.3, 0.4) is 0 Å². The van der Waals surface area contributed by atoms with Crippen LogP contribution in [0.25, 0.3) is 22.2 Å². The van der Waals surface area contributed by atoms with Gasteiger partial charge in [-0.15, -0.1) is 0 Å². The summed E-state index contributed by atoms with van der Waals surface area (Å²) < 4.78 is 12.8. The third-order valence-corrected chi connectivity index (χ3v) is 2.78. The molecular weight excluding hydrogens is 215 g/mol. The molecule has 0 atom stereocenters. The van der Waals surface area contributed by atoms with Gasteiger partial charge < -0.3 is 4.98 Å². The van der Waals surface area contributed by atoms with Crippen LogP contribution in [-0.2, 0) is 0 Å². The second kappa shape index (κ2) is 3.70. The normalized spacial score (nSPS) is 10.9. The fourth-order valence-electron chi connectivity index (χ4n) is 1.94. The molecule has 2 aromatic heterocycles. The molecule has 0 bridgehead atoms. The highest BCUT2D eigenvalue weighted by atomic mass is 19.1. The summed E-state index contributed by atoms with van der Waals surface area (Å²) in [4.78, 5) is 7.62. The number of H-pyrrole nitrogens is 1. The van der Waals surface area contributed by atoms with E-state index in [1.165, 1.54) is 12.1 Å². The molecule has 1 aromatic carbocycles. The van der Waals surface area contributed by atoms with Crippen LogP contribution < -0.4 is 0 Å². The lowest BCUT2D eigenvalue weighted by Gasteiger charge is -2.01. The van der Waals surface area contributed by atoms with Crippen molar-refractivity contribution in [3.05, 3.63) is 54.1 Å². The number of pyridine rings is 1. The smallest absolute Gasteiger partial charge is 0.123 e. The maximum atomic E-state index is 12.8. The van der Waals surface area contributed by atoms with Crippen molar-refractivity contribution in [2.24, 2.45) is 0 Å². The predicted molar refractivity (Wildman–Crippen MR) is 66.2 cm³/mol. The Kier molecular flexibility index (Phi) is 2.18. The Morgan fingerprint density at radius 3 is 2.59 bits per heavy atom. The summed E-state index contributed by atoms with van der Waals surface area (Å²) >= 11 is 0. The van der Waals surface area contributed by atoms with Gasteiger partial charge in [-0.05, 0) is 36.8 Å². The van der Waals surface area contributed by atoms with Gasteiger partial charge in [0.2, 0.25) is 0 Å². The van der Waals surface area contributed by atoms with Crippen LogP contribution in [0, 0.1) is 12.7 Å². The molecule has 17 heavy (non-hydrogen) atoms. The van der Waals surface area contributed by atoms with Crippen molar-refractivity contribution in [3.63, 3.8) is 0 Å². The van der Waals surface area contributed by atoms with Gasteiger partial charge in [0.1, 0.15) is 5.82 Å². The molecule has 3 aromatic rings. The van der Waals surface area contributed by atoms with Gasteiger partial charge in [0, 0.05) is 17.5 Å². The average Bonchev–Trinajstić information content (AvgIpc) is 2.69. The summed E-state index contributed by atoms with van der Waals surface area (Å²) in [5.41, 5.74) is 4.99. The van der Waals surface area contributed by atoms with Crippen molar-refractivity contribution in [1.82, 2.24) is 9.97 Å². The first-order valence-corrected chi connectivity index (χ1v) is 5.44. The molecule has 84 valence electrons. The van der Waals surface area contributed by atoms with Crippen molar-refractivity contribution in [2.75, 3.05) is 0 Å². The molecule has 3 heteroatoms. The van der Waals surface area contributed by atoms with E-state index in [1.807, 2.05) is 25.3 Å². The summed E-state index contributed by atoms with van der Waals surface area (Å²) in [6.45, 7) is 2.00. The lowest BCUT2D eigenvalue weighted by molar-refractivity contribution is 0.628. The maximum absolute atomic E-state index is 12.8. The number of hydrogen-bond acceptors (Lipinski definition) is 1. The molecule has 0 radical (unpaired) electrons. The molecule has 0 saturated heterocycles. The highest BCUT2D eigenvalue weighted by Crippen LogP contribution is 2.22. The van der Waals surface area contributed by atoms with Crippen LogP contribution in [0.15, 0.2) is 42.6 Å². The van der Waals surface area contributed by atoms with Gasteiger partial charge in [0.05, 0.1) is 11.0 Å². The SMILES string of the molecule is Cc1cc2ncc(-c3ccc(F)cc3)cc2[nH]1. The summed E-state index contributed by atoms with van der Waals surface area (Å²) in [5, 5.41) is 0. The average molecular weight is 226 g/mol. The fraction of sp³-hybridized carbons (Fsp3) is 0.0714. The molecule has 3 rings (SSSR count). The van der Waals surface area contributed by atoms with E-state index in [4.69, 9.17) is 0 Å². The largest absolute Gasteiger partial charge is 0.357 e. The minimum absolute atomic E-state index is 0.224. The zero-order chi connectivity index (χ0) is 11.8. The third-order valence-electron chi connectivity index (χ3n) is 2.78. The zero-order valence-corrected chi connectivity index (χ0v) is 9.37. The number of fused-ring (bicyclic) bond motifs is 1. The van der Waals surface area contributed by atoms with Crippen LogP contribution in [-0.4, -0.2) is 9.97 Å². The van der Waals surface area contributed by atoms with Crippen molar-refractivity contribution in [1.29, 1.82) is 0 Å². The number of nitrogens with one attached hydrogen (secondary N) is 1. The number of nitrogens with zero attached hydrogens (tertiary/aromatic N) is 1. The Morgan fingerprint density at radius 2 is 1.82 bits per heavy atom. The summed E-state index contributed by atoms with van der Waals surface area (Å²) in [6.07, 6.45) is 1.81. The van der Waals surface area contributed by atoms with Crippen molar-refractivity contribution < 1.29 is 4.39 Å². The molecular formula is C14H11FN2. The Bertz CT molecular complexity index is 668. The van der Waals surface area contributed by atoms with Crippen LogP contribution in [0.4, 0.5) is 4.39 Å². The highest BCUT2D eigenvalue weighted by Gasteiger charge is 2.03. The Morgan fingerprint density at radius 1 is 1.06 bits per heavy atom. The topological polar surface area (TPSA) is 28.7 Å². The van der Waals surface area contributed by atoms with Crippen molar-refractivity contribution >= 4 is 11.0 Å². The van der Waals surface area contributed by atoms with Gasteiger partial charge in [-0.1, -0.05) is 12.1 Å². The number of aromatic amines is 1. The quantitative estimate of drug-likeness (QED) is 0.673. The van der Waals surface area contributed by atoms with E-state index in [2.05, 4.69) is 9.97 Å². The van der Waals surface area contributed by atoms with Crippen LogP contribution >= 0.6 is 0 Å². The molecule has 2 nitrogen and oxygen atoms in total. The number of halogens is 1. The molecule has 0 aliphatic heterocycles. The van der Waals surface area contributed by atoms with Gasteiger partial charge in [-0.25, -0.2) is 4.39 Å². The lowest BCUT2D eigenvalue weighted by atomic mass is 10.1. The van der Waals surface area contributed by atoms with E-state index in [0.717, 1.165) is 27.9 Å². The molecule has 0 unspecified atom stereocenters. The summed E-state index contributed by atoms with van der Waals surface area (Å²) in [7, 11) is 0. The Hall–Kier alpha value is -2.16. The van der Waals surface area contributed by atoms with Gasteiger partial charge in [-0.2, -0.15) is 0 Å². The highest BCUT2D eigenvalue weighted by molar-refractivity contribution is 5.81. The second-order valence-electron chi connectivity index (χ2n) is 4.12. The molecule has 0 spiro atoms. The Balaban J connectivity index is 2.13. The number of rotatable bonds is 1. The summed E-state index contributed by atoms with van der Waals surface area (Å²) in [5.74, 6) is -0.224. The number of benzene rings is 1. The predicted octanol–water partition coefficient (Wildman–Crippen LogP) is 3.68. The van der Waals surface area contributed by atoms with E-state index < -0.39 is 0 Å². The minimum atomic E-state index is -0.224. The van der Waals surface area contributed by atoms with Crippen LogP contribution in [0.1, 0.15) is 5.69 Å². The number of hydrogen-bond donors (Lipinski definition) is 1. The minimum Gasteiger partial charge on any atom is -0.357 e. The molecule has 0 aliphatic rings. The molecule has 0 amide bonds. The number of aromatic nitrogens is 2. The third kappa shape index (κ3) is 1.80. The van der Waals surface area contributed by atoms with Crippen molar-refractivity contribution in [3.8, 4) is 11.1 Å².